The van der Waals surface area contributed by atoms with E-state index in [0.29, 0.717) is 23.1 Å². The topological polar surface area (TPSA) is 31.4 Å². The van der Waals surface area contributed by atoms with Crippen LogP contribution in [0.25, 0.3) is 11.3 Å². The summed E-state index contributed by atoms with van der Waals surface area (Å²) in [4.78, 5) is 4.77. The van der Waals surface area contributed by atoms with Crippen LogP contribution in [0.4, 0.5) is 0 Å². The molecule has 40 heavy (non-hydrogen) atoms. The Labute approximate surface area is 247 Å². The number of ether oxygens (including phenoxy) is 1. The van der Waals surface area contributed by atoms with Gasteiger partial charge in [-0.3, -0.25) is 4.98 Å². The van der Waals surface area contributed by atoms with Crippen molar-refractivity contribution in [1.29, 1.82) is 0 Å². The molecule has 5 heteroatoms. The molecule has 0 bridgehead atoms. The van der Waals surface area contributed by atoms with Crippen molar-refractivity contribution in [2.24, 2.45) is 0 Å². The second-order valence-electron chi connectivity index (χ2n) is 11.2. The molecule has 0 spiro atoms. The molecule has 0 saturated heterocycles. The maximum absolute atomic E-state index is 6.98. The van der Waals surface area contributed by atoms with Gasteiger partial charge in [-0.05, 0) is 39.9 Å². The predicted octanol–water partition coefficient (Wildman–Crippen LogP) is 8.62. The van der Waals surface area contributed by atoms with Crippen LogP contribution in [0.15, 0.2) is 91.1 Å². The Morgan fingerprint density at radius 2 is 1.40 bits per heavy atom. The summed E-state index contributed by atoms with van der Waals surface area (Å²) in [5.74, 6) is 1.50. The molecule has 0 N–H and O–H groups in total. The van der Waals surface area contributed by atoms with Gasteiger partial charge in [-0.15, -0.1) is 0 Å². The molecule has 0 fully saturated rings. The van der Waals surface area contributed by atoms with E-state index in [0.717, 1.165) is 17.7 Å². The Bertz CT molecular complexity index is 1300. The van der Waals surface area contributed by atoms with Crippen molar-refractivity contribution >= 4 is 31.0 Å². The summed E-state index contributed by atoms with van der Waals surface area (Å²) in [5, 5.41) is 2.92. The highest BCUT2D eigenvalue weighted by molar-refractivity contribution is 6.80. The van der Waals surface area contributed by atoms with Gasteiger partial charge in [0.1, 0.15) is 11.5 Å². The Morgan fingerprint density at radius 1 is 0.775 bits per heavy atom. The number of pyridine rings is 1. The minimum Gasteiger partial charge on any atom is -0.532 e. The highest BCUT2D eigenvalue weighted by Gasteiger charge is 2.25. The largest absolute Gasteiger partial charge is 0.532 e. The fourth-order valence-corrected chi connectivity index (χ4v) is 6.82. The van der Waals surface area contributed by atoms with Gasteiger partial charge in [-0.25, -0.2) is 0 Å². The van der Waals surface area contributed by atoms with Crippen molar-refractivity contribution in [1.82, 2.24) is 4.98 Å². The average Bonchev–Trinajstić information content (AvgIpc) is 2.96. The predicted molar refractivity (Wildman–Crippen MR) is 171 cm³/mol. The number of rotatable bonds is 13. The van der Waals surface area contributed by atoms with Crippen molar-refractivity contribution in [2.45, 2.75) is 71.6 Å². The van der Waals surface area contributed by atoms with Crippen LogP contribution in [0.3, 0.4) is 0 Å². The van der Waals surface area contributed by atoms with Crippen molar-refractivity contribution in [3.05, 3.63) is 102 Å². The molecular weight excluding hydrogens is 530 g/mol. The molecule has 3 aromatic carbocycles. The molecule has 0 aliphatic heterocycles. The normalized spacial score (nSPS) is 11.6. The summed E-state index contributed by atoms with van der Waals surface area (Å²) in [6.07, 6.45) is 9.14. The van der Waals surface area contributed by atoms with Crippen LogP contribution < -0.4 is 19.5 Å². The summed E-state index contributed by atoms with van der Waals surface area (Å²) in [6.45, 7) is 9.57. The summed E-state index contributed by atoms with van der Waals surface area (Å²) in [7, 11) is -1.58. The molecule has 0 unspecified atom stereocenters. The van der Waals surface area contributed by atoms with Crippen LogP contribution >= 0.6 is 11.6 Å². The highest BCUT2D eigenvalue weighted by atomic mass is 35.5. The van der Waals surface area contributed by atoms with Gasteiger partial charge in [0.2, 0.25) is 0 Å². The first kappa shape index (κ1) is 29.9. The lowest BCUT2D eigenvalue weighted by Crippen LogP contribution is -2.47. The van der Waals surface area contributed by atoms with E-state index in [1.54, 1.807) is 6.20 Å². The third kappa shape index (κ3) is 8.22. The lowest BCUT2D eigenvalue weighted by atomic mass is 9.86. The standard InChI is InChI=1S/C35H41ClNO2Si/c1-5-6-7-8-9-16-23-38-28-25-32(36)34(37-26-28)31-22-21-27(35(2,3)4)24-33(31)39-40(29-17-12-10-13-18-29)30-19-14-11-15-20-30/h10-15,17-22,24-26H,5-9,16,23H2,1-4H3. The first-order chi connectivity index (χ1) is 19.4. The van der Waals surface area contributed by atoms with Crippen LogP contribution in [0.2, 0.25) is 5.02 Å². The lowest BCUT2D eigenvalue weighted by Gasteiger charge is -2.24. The van der Waals surface area contributed by atoms with E-state index in [-0.39, 0.29) is 5.41 Å². The molecule has 3 nitrogen and oxygen atoms in total. The third-order valence-corrected chi connectivity index (χ3v) is 9.40. The molecule has 209 valence electrons. The number of hydrogen-bond acceptors (Lipinski definition) is 3. The fraction of sp³-hybridized carbons (Fsp3) is 0.343. The maximum Gasteiger partial charge on any atom is 0.352 e. The number of halogens is 1. The number of aromatic nitrogens is 1. The van der Waals surface area contributed by atoms with E-state index in [2.05, 4.69) is 94.4 Å². The van der Waals surface area contributed by atoms with Crippen LogP contribution in [0.1, 0.15) is 71.8 Å². The Kier molecular flexibility index (Phi) is 10.8. The second-order valence-corrected chi connectivity index (χ2v) is 13.7. The molecule has 4 aromatic rings. The van der Waals surface area contributed by atoms with Gasteiger partial charge in [-0.2, -0.15) is 0 Å². The molecular formula is C35H41ClNO2Si. The monoisotopic (exact) mass is 570 g/mol. The molecule has 4 rings (SSSR count). The lowest BCUT2D eigenvalue weighted by molar-refractivity contribution is 0.303. The second kappa shape index (κ2) is 14.5. The zero-order valence-corrected chi connectivity index (χ0v) is 26.0. The zero-order chi connectivity index (χ0) is 28.4. The zero-order valence-electron chi connectivity index (χ0n) is 24.3. The molecule has 0 aliphatic rings. The number of benzene rings is 3. The van der Waals surface area contributed by atoms with Crippen LogP contribution in [-0.2, 0) is 5.41 Å². The van der Waals surface area contributed by atoms with E-state index >= 15 is 0 Å². The van der Waals surface area contributed by atoms with E-state index < -0.39 is 9.04 Å². The van der Waals surface area contributed by atoms with Gasteiger partial charge in [-0.1, -0.05) is 138 Å². The van der Waals surface area contributed by atoms with Crippen LogP contribution in [-0.4, -0.2) is 20.6 Å². The smallest absolute Gasteiger partial charge is 0.352 e. The maximum atomic E-state index is 6.98. The molecule has 0 saturated carbocycles. The Balaban J connectivity index is 1.62. The van der Waals surface area contributed by atoms with E-state index in [9.17, 15) is 0 Å². The minimum atomic E-state index is -1.58. The van der Waals surface area contributed by atoms with Crippen molar-refractivity contribution in [3.8, 4) is 22.8 Å². The molecule has 0 aliphatic carbocycles. The number of nitrogens with zero attached hydrogens (tertiary/aromatic N) is 1. The minimum absolute atomic E-state index is 0.0332. The van der Waals surface area contributed by atoms with Gasteiger partial charge < -0.3 is 9.16 Å². The average molecular weight is 571 g/mol. The third-order valence-electron chi connectivity index (χ3n) is 6.97. The van der Waals surface area contributed by atoms with E-state index in [4.69, 9.17) is 25.7 Å². The van der Waals surface area contributed by atoms with Gasteiger partial charge in [0, 0.05) is 11.6 Å². The van der Waals surface area contributed by atoms with Gasteiger partial charge >= 0.3 is 9.04 Å². The summed E-state index contributed by atoms with van der Waals surface area (Å²) >= 11 is 6.84. The Morgan fingerprint density at radius 3 is 2.00 bits per heavy atom. The van der Waals surface area contributed by atoms with Crippen LogP contribution in [0, 0.1) is 0 Å². The molecule has 0 amide bonds. The number of hydrogen-bond donors (Lipinski definition) is 0. The summed E-state index contributed by atoms with van der Waals surface area (Å²) < 4.78 is 13.0. The number of unbranched alkanes of at least 4 members (excludes halogenated alkanes) is 5. The van der Waals surface area contributed by atoms with Crippen molar-refractivity contribution in [2.75, 3.05) is 6.61 Å². The summed E-state index contributed by atoms with van der Waals surface area (Å²) in [6, 6.07) is 29.2. The van der Waals surface area contributed by atoms with Gasteiger partial charge in [0.25, 0.3) is 0 Å². The molecule has 1 aromatic heterocycles. The first-order valence-corrected chi connectivity index (χ1v) is 16.2. The highest BCUT2D eigenvalue weighted by Crippen LogP contribution is 2.38. The first-order valence-electron chi connectivity index (χ1n) is 14.5. The molecule has 1 heterocycles. The fourth-order valence-electron chi connectivity index (χ4n) is 4.61. The quantitative estimate of drug-likeness (QED) is 0.119. The Hall–Kier alpha value is -3.08. The van der Waals surface area contributed by atoms with Crippen LogP contribution in [0.5, 0.6) is 11.5 Å². The molecule has 0 atom stereocenters. The van der Waals surface area contributed by atoms with Crippen molar-refractivity contribution in [3.63, 3.8) is 0 Å². The van der Waals surface area contributed by atoms with Crippen molar-refractivity contribution < 1.29 is 9.16 Å². The summed E-state index contributed by atoms with van der Waals surface area (Å²) in [5.41, 5.74) is 2.75. The van der Waals surface area contributed by atoms with E-state index in [1.807, 2.05) is 18.2 Å². The SMILES string of the molecule is CCCCCCCCOc1cnc(-c2ccc(C(C)(C)C)cc2O[Si](c2ccccc2)c2ccccc2)c(Cl)c1. The van der Waals surface area contributed by atoms with Gasteiger partial charge in [0.15, 0.2) is 0 Å². The van der Waals surface area contributed by atoms with E-state index in [1.165, 1.54) is 48.0 Å². The van der Waals surface area contributed by atoms with Gasteiger partial charge in [0.05, 0.1) is 23.5 Å². The molecule has 1 radical (unpaired) electrons.